The van der Waals surface area contributed by atoms with E-state index in [2.05, 4.69) is 32.7 Å². The summed E-state index contributed by atoms with van der Waals surface area (Å²) in [7, 11) is 3.41. The Kier molecular flexibility index (Phi) is 9.14. The van der Waals surface area contributed by atoms with Gasteiger partial charge in [-0.2, -0.15) is 0 Å². The molecular formula is C13H26N6O2. The highest BCUT2D eigenvalue weighted by Crippen LogP contribution is 1.94. The van der Waals surface area contributed by atoms with E-state index in [-0.39, 0.29) is 0 Å². The zero-order chi connectivity index (χ0) is 15.3. The fourth-order valence-electron chi connectivity index (χ4n) is 1.74. The van der Waals surface area contributed by atoms with Crippen molar-refractivity contribution in [2.75, 3.05) is 47.1 Å². The van der Waals surface area contributed by atoms with Gasteiger partial charge in [0.2, 0.25) is 0 Å². The van der Waals surface area contributed by atoms with E-state index in [9.17, 15) is 0 Å². The van der Waals surface area contributed by atoms with Gasteiger partial charge < -0.3 is 24.7 Å². The molecule has 0 aliphatic heterocycles. The molecule has 0 fully saturated rings. The van der Waals surface area contributed by atoms with Crippen LogP contribution < -0.4 is 10.6 Å². The molecule has 8 nitrogen and oxygen atoms in total. The maximum Gasteiger partial charge on any atom is 0.191 e. The predicted octanol–water partition coefficient (Wildman–Crippen LogP) is -0.331. The summed E-state index contributed by atoms with van der Waals surface area (Å²) < 4.78 is 12.3. The Morgan fingerprint density at radius 1 is 1.29 bits per heavy atom. The number of hydrogen-bond acceptors (Lipinski definition) is 5. The number of aliphatic imine (C=N–C) groups is 1. The Morgan fingerprint density at radius 2 is 2.10 bits per heavy atom. The van der Waals surface area contributed by atoms with Crippen molar-refractivity contribution in [2.45, 2.75) is 19.9 Å². The Hall–Kier alpha value is -1.67. The first-order valence-electron chi connectivity index (χ1n) is 7.19. The van der Waals surface area contributed by atoms with E-state index in [4.69, 9.17) is 9.47 Å². The van der Waals surface area contributed by atoms with Crippen molar-refractivity contribution in [3.63, 3.8) is 0 Å². The van der Waals surface area contributed by atoms with E-state index in [1.807, 2.05) is 4.57 Å². The molecule has 0 aliphatic carbocycles. The Bertz CT molecular complexity index is 407. The summed E-state index contributed by atoms with van der Waals surface area (Å²) >= 11 is 0. The van der Waals surface area contributed by atoms with Crippen molar-refractivity contribution in [2.24, 2.45) is 4.99 Å². The van der Waals surface area contributed by atoms with Crippen molar-refractivity contribution < 1.29 is 9.47 Å². The smallest absolute Gasteiger partial charge is 0.191 e. The summed E-state index contributed by atoms with van der Waals surface area (Å²) in [5, 5.41) is 14.4. The highest BCUT2D eigenvalue weighted by molar-refractivity contribution is 5.79. The maximum atomic E-state index is 5.37. The molecule has 0 bridgehead atoms. The van der Waals surface area contributed by atoms with Gasteiger partial charge in [0.25, 0.3) is 0 Å². The second-order valence-corrected chi connectivity index (χ2v) is 4.33. The van der Waals surface area contributed by atoms with Crippen LogP contribution in [-0.2, 0) is 22.4 Å². The number of guanidine groups is 1. The number of nitrogens with one attached hydrogen (secondary N) is 2. The van der Waals surface area contributed by atoms with E-state index >= 15 is 0 Å². The monoisotopic (exact) mass is 298 g/mol. The maximum absolute atomic E-state index is 5.37. The molecule has 0 spiro atoms. The average molecular weight is 298 g/mol. The lowest BCUT2D eigenvalue weighted by atomic mass is 10.4. The largest absolute Gasteiger partial charge is 0.382 e. The van der Waals surface area contributed by atoms with Gasteiger partial charge in [-0.15, -0.1) is 10.2 Å². The first kappa shape index (κ1) is 17.4. The van der Waals surface area contributed by atoms with Gasteiger partial charge in [-0.05, 0) is 0 Å². The fourth-order valence-corrected chi connectivity index (χ4v) is 1.74. The van der Waals surface area contributed by atoms with E-state index in [1.165, 1.54) is 0 Å². The van der Waals surface area contributed by atoms with Crippen LogP contribution in [0.25, 0.3) is 0 Å². The minimum atomic E-state index is 0.609. The number of ether oxygens (including phenoxy) is 2. The lowest BCUT2D eigenvalue weighted by molar-refractivity contribution is 0.0733. The third-order valence-corrected chi connectivity index (χ3v) is 2.85. The fraction of sp³-hybridized carbons (Fsp3) is 0.769. The number of hydrogen-bond donors (Lipinski definition) is 2. The number of nitrogens with zero attached hydrogens (tertiary/aromatic N) is 4. The van der Waals surface area contributed by atoms with Gasteiger partial charge in [-0.1, -0.05) is 6.92 Å². The molecule has 0 aromatic carbocycles. The second-order valence-electron chi connectivity index (χ2n) is 4.33. The molecule has 2 N–H and O–H groups in total. The summed E-state index contributed by atoms with van der Waals surface area (Å²) in [6.45, 7) is 6.18. The normalized spacial score (nSPS) is 11.7. The van der Waals surface area contributed by atoms with Crippen LogP contribution in [0.5, 0.6) is 0 Å². The van der Waals surface area contributed by atoms with Gasteiger partial charge in [0.1, 0.15) is 12.2 Å². The van der Waals surface area contributed by atoms with Crippen LogP contribution in [0, 0.1) is 0 Å². The number of aryl methyl sites for hydroxylation is 1. The zero-order valence-corrected chi connectivity index (χ0v) is 13.1. The average Bonchev–Trinajstić information content (AvgIpc) is 2.96. The van der Waals surface area contributed by atoms with Crippen LogP contribution in [-0.4, -0.2) is 67.8 Å². The lowest BCUT2D eigenvalue weighted by Gasteiger charge is -2.12. The number of rotatable bonds is 10. The topological polar surface area (TPSA) is 85.6 Å². The highest BCUT2D eigenvalue weighted by atomic mass is 16.5. The van der Waals surface area contributed by atoms with E-state index < -0.39 is 0 Å². The standard InChI is InChI=1S/C13H26N6O2/c1-4-12-18-17-11-19(12)7-5-15-13(14-2)16-6-8-21-10-9-20-3/h11H,4-10H2,1-3H3,(H2,14,15,16). The minimum Gasteiger partial charge on any atom is -0.382 e. The molecule has 0 amide bonds. The SMILES string of the molecule is CCc1nncn1CCNC(=NC)NCCOCCOC. The molecule has 120 valence electrons. The second kappa shape index (κ2) is 11.0. The molecule has 0 saturated carbocycles. The predicted molar refractivity (Wildman–Crippen MR) is 81.5 cm³/mol. The van der Waals surface area contributed by atoms with Crippen molar-refractivity contribution in [1.29, 1.82) is 0 Å². The van der Waals surface area contributed by atoms with Crippen molar-refractivity contribution in [3.05, 3.63) is 12.2 Å². The molecule has 0 radical (unpaired) electrons. The van der Waals surface area contributed by atoms with Crippen LogP contribution in [0.1, 0.15) is 12.7 Å². The Labute approximate surface area is 125 Å². The summed E-state index contributed by atoms with van der Waals surface area (Å²) in [6, 6.07) is 0. The van der Waals surface area contributed by atoms with Gasteiger partial charge in [-0.3, -0.25) is 4.99 Å². The van der Waals surface area contributed by atoms with Crippen LogP contribution in [0.4, 0.5) is 0 Å². The molecule has 0 saturated heterocycles. The highest BCUT2D eigenvalue weighted by Gasteiger charge is 2.02. The molecular weight excluding hydrogens is 272 g/mol. The van der Waals surface area contributed by atoms with Crippen LogP contribution in [0.15, 0.2) is 11.3 Å². The molecule has 1 aromatic rings. The van der Waals surface area contributed by atoms with Gasteiger partial charge in [-0.25, -0.2) is 0 Å². The first-order chi connectivity index (χ1) is 10.3. The molecule has 1 aromatic heterocycles. The number of methoxy groups -OCH3 is 1. The van der Waals surface area contributed by atoms with Crippen LogP contribution in [0.3, 0.4) is 0 Å². The molecule has 0 aliphatic rings. The summed E-state index contributed by atoms with van der Waals surface area (Å²) in [4.78, 5) is 4.16. The Morgan fingerprint density at radius 3 is 2.81 bits per heavy atom. The molecule has 0 unspecified atom stereocenters. The first-order valence-corrected chi connectivity index (χ1v) is 7.19. The summed E-state index contributed by atoms with van der Waals surface area (Å²) in [6.07, 6.45) is 2.63. The quantitative estimate of drug-likeness (QED) is 0.349. The minimum absolute atomic E-state index is 0.609. The van der Waals surface area contributed by atoms with Crippen molar-refractivity contribution in [1.82, 2.24) is 25.4 Å². The van der Waals surface area contributed by atoms with Gasteiger partial charge in [0.15, 0.2) is 5.96 Å². The van der Waals surface area contributed by atoms with Crippen LogP contribution in [0.2, 0.25) is 0 Å². The molecule has 21 heavy (non-hydrogen) atoms. The summed E-state index contributed by atoms with van der Waals surface area (Å²) in [5.74, 6) is 1.75. The molecule has 1 rings (SSSR count). The third-order valence-electron chi connectivity index (χ3n) is 2.85. The van der Waals surface area contributed by atoms with Crippen molar-refractivity contribution >= 4 is 5.96 Å². The van der Waals surface area contributed by atoms with E-state index in [0.717, 1.165) is 31.3 Å². The van der Waals surface area contributed by atoms with E-state index in [1.54, 1.807) is 20.5 Å². The number of aromatic nitrogens is 3. The molecule has 0 atom stereocenters. The summed E-state index contributed by atoms with van der Waals surface area (Å²) in [5.41, 5.74) is 0. The third kappa shape index (κ3) is 7.05. The van der Waals surface area contributed by atoms with Crippen LogP contribution >= 0.6 is 0 Å². The molecule has 8 heteroatoms. The van der Waals surface area contributed by atoms with Gasteiger partial charge >= 0.3 is 0 Å². The van der Waals surface area contributed by atoms with Gasteiger partial charge in [0, 0.05) is 40.2 Å². The lowest BCUT2D eigenvalue weighted by Crippen LogP contribution is -2.40. The van der Waals surface area contributed by atoms with E-state index in [0.29, 0.717) is 26.4 Å². The Balaban J connectivity index is 2.14. The van der Waals surface area contributed by atoms with Crippen molar-refractivity contribution in [3.8, 4) is 0 Å². The zero-order valence-electron chi connectivity index (χ0n) is 13.1. The van der Waals surface area contributed by atoms with Gasteiger partial charge in [0.05, 0.1) is 19.8 Å². The molecule has 1 heterocycles.